The molecule has 0 atom stereocenters. The number of hydrogen-bond donors (Lipinski definition) is 0. The molecular weight excluding hydrogens is 428 g/mol. The molecule has 0 radical (unpaired) electrons. The van der Waals surface area contributed by atoms with Gasteiger partial charge in [0.1, 0.15) is 18.1 Å². The average molecular weight is 442 g/mol. The quantitative estimate of drug-likeness (QED) is 0.446. The van der Waals surface area contributed by atoms with Crippen LogP contribution >= 0.6 is 27.5 Å². The van der Waals surface area contributed by atoms with Crippen LogP contribution in [-0.4, -0.2) is 5.78 Å². The number of hydrogen-bond acceptors (Lipinski definition) is 3. The van der Waals surface area contributed by atoms with E-state index in [9.17, 15) is 4.79 Å². The normalized spacial score (nSPS) is 14.1. The maximum atomic E-state index is 12.5. The number of rotatable bonds is 4. The maximum Gasteiger partial charge on any atom is 0.231 e. The van der Waals surface area contributed by atoms with Gasteiger partial charge in [-0.3, -0.25) is 4.79 Å². The number of Topliss-reactive ketones (excluding diaryl/α,β-unsaturated/α-hetero) is 1. The predicted molar refractivity (Wildman–Crippen MR) is 109 cm³/mol. The van der Waals surface area contributed by atoms with Crippen LogP contribution in [0.25, 0.3) is 6.08 Å². The van der Waals surface area contributed by atoms with Crippen molar-refractivity contribution in [2.75, 3.05) is 0 Å². The summed E-state index contributed by atoms with van der Waals surface area (Å²) < 4.78 is 12.5. The third kappa shape index (κ3) is 4.07. The first-order valence-electron chi connectivity index (χ1n) is 8.29. The fourth-order valence-corrected chi connectivity index (χ4v) is 3.11. The van der Waals surface area contributed by atoms with Crippen LogP contribution in [-0.2, 0) is 6.61 Å². The molecule has 1 aliphatic rings. The van der Waals surface area contributed by atoms with Crippen molar-refractivity contribution in [3.8, 4) is 11.5 Å². The Labute approximate surface area is 170 Å². The van der Waals surface area contributed by atoms with E-state index in [1.54, 1.807) is 24.3 Å². The van der Waals surface area contributed by atoms with Crippen molar-refractivity contribution >= 4 is 39.4 Å². The number of carbonyl (C=O) groups is 1. The Bertz CT molecular complexity index is 1020. The van der Waals surface area contributed by atoms with Crippen molar-refractivity contribution in [1.29, 1.82) is 0 Å². The monoisotopic (exact) mass is 440 g/mol. The first-order chi connectivity index (χ1) is 13.1. The van der Waals surface area contributed by atoms with Gasteiger partial charge in [-0.1, -0.05) is 51.8 Å². The number of ketones is 1. The lowest BCUT2D eigenvalue weighted by Gasteiger charge is -2.07. The third-order valence-corrected chi connectivity index (χ3v) is 4.91. The number of halogens is 2. The van der Waals surface area contributed by atoms with E-state index in [0.29, 0.717) is 34.5 Å². The second-order valence-corrected chi connectivity index (χ2v) is 7.42. The highest BCUT2D eigenvalue weighted by molar-refractivity contribution is 9.10. The molecule has 0 saturated heterocycles. The van der Waals surface area contributed by atoms with E-state index in [-0.39, 0.29) is 5.78 Å². The number of allylic oxidation sites excluding steroid dienone is 1. The minimum atomic E-state index is -0.128. The standard InChI is InChI=1S/C22H14BrClO3/c23-16-5-1-14(2-6-16)11-21-22(25)19-10-9-18(12-20(19)27-21)26-13-15-3-7-17(24)8-4-15/h1-12H,13H2/b21-11-. The molecule has 27 heavy (non-hydrogen) atoms. The smallest absolute Gasteiger partial charge is 0.231 e. The van der Waals surface area contributed by atoms with Gasteiger partial charge in [0.2, 0.25) is 5.78 Å². The molecule has 0 unspecified atom stereocenters. The van der Waals surface area contributed by atoms with Crippen LogP contribution in [0.4, 0.5) is 0 Å². The molecular formula is C22H14BrClO3. The molecule has 1 heterocycles. The lowest BCUT2D eigenvalue weighted by molar-refractivity contribution is 0.101. The van der Waals surface area contributed by atoms with Crippen LogP contribution in [0.5, 0.6) is 11.5 Å². The number of benzene rings is 3. The topological polar surface area (TPSA) is 35.5 Å². The van der Waals surface area contributed by atoms with Gasteiger partial charge >= 0.3 is 0 Å². The van der Waals surface area contributed by atoms with Crippen LogP contribution in [0.3, 0.4) is 0 Å². The fraction of sp³-hybridized carbons (Fsp3) is 0.0455. The minimum Gasteiger partial charge on any atom is -0.489 e. The zero-order chi connectivity index (χ0) is 18.8. The number of carbonyl (C=O) groups excluding carboxylic acids is 1. The summed E-state index contributed by atoms with van der Waals surface area (Å²) in [6, 6.07) is 20.4. The second kappa shape index (κ2) is 7.59. The highest BCUT2D eigenvalue weighted by Gasteiger charge is 2.27. The average Bonchev–Trinajstić information content (AvgIpc) is 2.98. The van der Waals surface area contributed by atoms with Crippen molar-refractivity contribution < 1.29 is 14.3 Å². The van der Waals surface area contributed by atoms with E-state index < -0.39 is 0 Å². The summed E-state index contributed by atoms with van der Waals surface area (Å²) in [6.07, 6.45) is 1.74. The molecule has 0 bridgehead atoms. The molecule has 0 fully saturated rings. The Balaban J connectivity index is 1.50. The van der Waals surface area contributed by atoms with E-state index in [0.717, 1.165) is 15.6 Å². The lowest BCUT2D eigenvalue weighted by atomic mass is 10.1. The van der Waals surface area contributed by atoms with E-state index in [4.69, 9.17) is 21.1 Å². The zero-order valence-electron chi connectivity index (χ0n) is 14.1. The van der Waals surface area contributed by atoms with Gasteiger partial charge in [0.15, 0.2) is 5.76 Å². The summed E-state index contributed by atoms with van der Waals surface area (Å²) in [4.78, 5) is 12.5. The maximum absolute atomic E-state index is 12.5. The van der Waals surface area contributed by atoms with Gasteiger partial charge in [0, 0.05) is 15.6 Å². The molecule has 3 nitrogen and oxygen atoms in total. The van der Waals surface area contributed by atoms with Crippen LogP contribution < -0.4 is 9.47 Å². The molecule has 3 aromatic rings. The first kappa shape index (κ1) is 17.8. The van der Waals surface area contributed by atoms with Gasteiger partial charge in [-0.25, -0.2) is 0 Å². The van der Waals surface area contributed by atoms with Gasteiger partial charge in [0.05, 0.1) is 5.56 Å². The van der Waals surface area contributed by atoms with Crippen LogP contribution in [0.1, 0.15) is 21.5 Å². The summed E-state index contributed by atoms with van der Waals surface area (Å²) in [5.41, 5.74) is 2.44. The highest BCUT2D eigenvalue weighted by Crippen LogP contribution is 2.35. The SMILES string of the molecule is O=C1/C(=C/c2ccc(Br)cc2)Oc2cc(OCc3ccc(Cl)cc3)ccc21. The largest absolute Gasteiger partial charge is 0.489 e. The predicted octanol–water partition coefficient (Wildman–Crippen LogP) is 6.30. The van der Waals surface area contributed by atoms with E-state index in [2.05, 4.69) is 15.9 Å². The molecule has 0 amide bonds. The number of ether oxygens (including phenoxy) is 2. The van der Waals surface area contributed by atoms with Crippen molar-refractivity contribution in [3.05, 3.63) is 98.7 Å². The molecule has 4 rings (SSSR count). The molecule has 1 aliphatic heterocycles. The molecule has 0 aromatic heterocycles. The van der Waals surface area contributed by atoms with Crippen LogP contribution in [0, 0.1) is 0 Å². The van der Waals surface area contributed by atoms with E-state index in [1.807, 2.05) is 48.5 Å². The lowest BCUT2D eigenvalue weighted by Crippen LogP contribution is -1.98. The fourth-order valence-electron chi connectivity index (χ4n) is 2.71. The van der Waals surface area contributed by atoms with Crippen LogP contribution in [0.15, 0.2) is 77.0 Å². The third-order valence-electron chi connectivity index (χ3n) is 4.13. The van der Waals surface area contributed by atoms with Crippen molar-refractivity contribution in [2.45, 2.75) is 6.61 Å². The van der Waals surface area contributed by atoms with Gasteiger partial charge in [-0.15, -0.1) is 0 Å². The Hall–Kier alpha value is -2.56. The second-order valence-electron chi connectivity index (χ2n) is 6.06. The van der Waals surface area contributed by atoms with Gasteiger partial charge < -0.3 is 9.47 Å². The van der Waals surface area contributed by atoms with E-state index in [1.165, 1.54) is 0 Å². The van der Waals surface area contributed by atoms with Crippen molar-refractivity contribution in [2.24, 2.45) is 0 Å². The summed E-state index contributed by atoms with van der Waals surface area (Å²) in [7, 11) is 0. The molecule has 5 heteroatoms. The summed E-state index contributed by atoms with van der Waals surface area (Å²) in [6.45, 7) is 0.408. The van der Waals surface area contributed by atoms with Gasteiger partial charge in [0.25, 0.3) is 0 Å². The molecule has 0 spiro atoms. The minimum absolute atomic E-state index is 0.128. The van der Waals surface area contributed by atoms with Gasteiger partial charge in [-0.05, 0) is 53.6 Å². The van der Waals surface area contributed by atoms with E-state index >= 15 is 0 Å². The number of fused-ring (bicyclic) bond motifs is 1. The Morgan fingerprint density at radius 3 is 2.48 bits per heavy atom. The van der Waals surface area contributed by atoms with Gasteiger partial charge in [-0.2, -0.15) is 0 Å². The Kier molecular flexibility index (Phi) is 5.01. The molecule has 0 aliphatic carbocycles. The Morgan fingerprint density at radius 2 is 1.74 bits per heavy atom. The van der Waals surface area contributed by atoms with Crippen molar-refractivity contribution in [3.63, 3.8) is 0 Å². The summed E-state index contributed by atoms with van der Waals surface area (Å²) in [5.74, 6) is 1.33. The highest BCUT2D eigenvalue weighted by atomic mass is 79.9. The molecule has 0 saturated carbocycles. The summed E-state index contributed by atoms with van der Waals surface area (Å²) >= 11 is 9.29. The molecule has 134 valence electrons. The molecule has 3 aromatic carbocycles. The summed E-state index contributed by atoms with van der Waals surface area (Å²) in [5, 5.41) is 0.688. The zero-order valence-corrected chi connectivity index (χ0v) is 16.5. The molecule has 0 N–H and O–H groups in total. The van der Waals surface area contributed by atoms with Crippen molar-refractivity contribution in [1.82, 2.24) is 0 Å². The van der Waals surface area contributed by atoms with Crippen LogP contribution in [0.2, 0.25) is 5.02 Å². The first-order valence-corrected chi connectivity index (χ1v) is 9.47. The Morgan fingerprint density at radius 1 is 1.00 bits per heavy atom.